The van der Waals surface area contributed by atoms with Crippen molar-refractivity contribution in [3.05, 3.63) is 87.9 Å². The van der Waals surface area contributed by atoms with Crippen LogP contribution in [0.3, 0.4) is 0 Å². The van der Waals surface area contributed by atoms with Crippen LogP contribution in [0.2, 0.25) is 5.02 Å². The second-order valence-electron chi connectivity index (χ2n) is 8.25. The first kappa shape index (κ1) is 28.4. The highest BCUT2D eigenvalue weighted by atomic mass is 35.5. The van der Waals surface area contributed by atoms with Crippen LogP contribution in [0.1, 0.15) is 29.4 Å². The summed E-state index contributed by atoms with van der Waals surface area (Å²) in [7, 11) is -4.30. The second kappa shape index (κ2) is 13.0. The van der Waals surface area contributed by atoms with Crippen LogP contribution in [0.5, 0.6) is 5.75 Å². The maximum absolute atomic E-state index is 13.5. The summed E-state index contributed by atoms with van der Waals surface area (Å²) in [5.41, 5.74) is -0.329. The Morgan fingerprint density at radius 2 is 1.97 bits per heavy atom. The first-order valence-electron chi connectivity index (χ1n) is 11.8. The molecule has 0 saturated carbocycles. The molecule has 0 spiro atoms. The summed E-state index contributed by atoms with van der Waals surface area (Å²) < 4.78 is 36.9. The molecule has 0 aliphatic carbocycles. The fraction of sp³-hybridized carbons (Fsp3) is 0.280. The van der Waals surface area contributed by atoms with Gasteiger partial charge in [0, 0.05) is 23.2 Å². The fourth-order valence-corrected chi connectivity index (χ4v) is 5.23. The Morgan fingerprint density at radius 1 is 1.23 bits per heavy atom. The van der Waals surface area contributed by atoms with E-state index in [9.17, 15) is 19.3 Å². The summed E-state index contributed by atoms with van der Waals surface area (Å²) in [6.45, 7) is -0.755. The average molecular weight is 575 g/mol. The predicted octanol–water partition coefficient (Wildman–Crippen LogP) is 3.93. The number of phosphoric acid groups is 1. The predicted molar refractivity (Wildman–Crippen MR) is 139 cm³/mol. The largest absolute Gasteiger partial charge is 0.530 e. The van der Waals surface area contributed by atoms with E-state index in [0.29, 0.717) is 10.6 Å². The third kappa shape index (κ3) is 7.52. The molecule has 204 valence electrons. The number of aromatic nitrogens is 2. The van der Waals surface area contributed by atoms with E-state index >= 15 is 0 Å². The van der Waals surface area contributed by atoms with E-state index in [1.54, 1.807) is 30.3 Å². The van der Waals surface area contributed by atoms with E-state index in [1.165, 1.54) is 36.5 Å². The number of nitriles is 1. The van der Waals surface area contributed by atoms with Crippen molar-refractivity contribution >= 4 is 31.1 Å². The number of aliphatic hydroxyl groups excluding tert-OH is 1. The van der Waals surface area contributed by atoms with E-state index in [1.807, 2.05) is 6.07 Å². The van der Waals surface area contributed by atoms with E-state index in [2.05, 4.69) is 10.3 Å². The lowest BCUT2D eigenvalue weighted by atomic mass is 10.2. The minimum atomic E-state index is -4.30. The Balaban J connectivity index is 1.48. The zero-order chi connectivity index (χ0) is 27.8. The summed E-state index contributed by atoms with van der Waals surface area (Å²) in [6.07, 6.45) is -1.64. The molecule has 3 aromatic rings. The number of halogens is 1. The fourth-order valence-electron chi connectivity index (χ4n) is 3.70. The topological polar surface area (TPSA) is 162 Å². The van der Waals surface area contributed by atoms with Gasteiger partial charge in [0.2, 0.25) is 0 Å². The second-order valence-corrected chi connectivity index (χ2v) is 10.2. The molecule has 1 amide bonds. The van der Waals surface area contributed by atoms with Gasteiger partial charge in [0.05, 0.1) is 25.7 Å². The quantitative estimate of drug-likeness (QED) is 0.253. The standard InChI is InChI=1S/C25H24ClN4O8P/c26-18-7-9-19(10-8-18)37-39(34,35-14-4-12-27)38-20-15-23(36-21(20)16-31)30-13-11-22(29-25(30)33)28-24(32)17-5-2-1-3-6-17/h1-3,5-11,13,20-21,23,31H,4,14-16H2,(H,28,29,32,33)/t20-,21+,23+,39?/m0/s1. The Labute approximate surface area is 228 Å². The van der Waals surface area contributed by atoms with Gasteiger partial charge in [0.1, 0.15) is 30.0 Å². The normalized spacial score (nSPS) is 20.1. The minimum absolute atomic E-state index is 0.0158. The van der Waals surface area contributed by atoms with Crippen molar-refractivity contribution in [3.8, 4) is 11.8 Å². The number of ether oxygens (including phenoxy) is 1. The van der Waals surface area contributed by atoms with Crippen LogP contribution in [0.25, 0.3) is 0 Å². The van der Waals surface area contributed by atoms with Crippen molar-refractivity contribution in [2.75, 3.05) is 18.5 Å². The number of amides is 1. The highest BCUT2D eigenvalue weighted by Gasteiger charge is 2.43. The van der Waals surface area contributed by atoms with Crippen LogP contribution in [-0.2, 0) is 18.3 Å². The molecular formula is C25H24ClN4O8P. The van der Waals surface area contributed by atoms with Crippen LogP contribution in [0, 0.1) is 11.3 Å². The highest BCUT2D eigenvalue weighted by molar-refractivity contribution is 7.49. The number of nitrogens with one attached hydrogen (secondary N) is 1. The summed E-state index contributed by atoms with van der Waals surface area (Å²) in [4.78, 5) is 29.0. The van der Waals surface area contributed by atoms with E-state index in [-0.39, 0.29) is 31.0 Å². The van der Waals surface area contributed by atoms with Crippen molar-refractivity contribution in [2.24, 2.45) is 0 Å². The van der Waals surface area contributed by atoms with Gasteiger partial charge in [-0.25, -0.2) is 9.36 Å². The van der Waals surface area contributed by atoms with Crippen molar-refractivity contribution in [1.29, 1.82) is 5.26 Å². The summed E-state index contributed by atoms with van der Waals surface area (Å²) in [6, 6.07) is 17.7. The molecule has 1 aromatic heterocycles. The van der Waals surface area contributed by atoms with Crippen molar-refractivity contribution in [2.45, 2.75) is 31.3 Å². The van der Waals surface area contributed by atoms with Crippen molar-refractivity contribution in [3.63, 3.8) is 0 Å². The number of hydrogen-bond acceptors (Lipinski definition) is 10. The lowest BCUT2D eigenvalue weighted by Gasteiger charge is -2.23. The monoisotopic (exact) mass is 574 g/mol. The lowest BCUT2D eigenvalue weighted by molar-refractivity contribution is -0.0459. The first-order chi connectivity index (χ1) is 18.8. The molecule has 12 nitrogen and oxygen atoms in total. The van der Waals surface area contributed by atoms with Crippen molar-refractivity contribution < 1.29 is 32.8 Å². The van der Waals surface area contributed by atoms with Gasteiger partial charge in [0.15, 0.2) is 0 Å². The molecule has 0 bridgehead atoms. The van der Waals surface area contributed by atoms with Crippen LogP contribution in [-0.4, -0.2) is 46.0 Å². The molecule has 4 rings (SSSR count). The number of aliphatic hydroxyl groups is 1. The number of hydrogen-bond donors (Lipinski definition) is 2. The maximum Gasteiger partial charge on any atom is 0.530 e. The van der Waals surface area contributed by atoms with Gasteiger partial charge in [-0.3, -0.25) is 18.4 Å². The molecule has 39 heavy (non-hydrogen) atoms. The summed E-state index contributed by atoms with van der Waals surface area (Å²) in [5.74, 6) is -0.246. The molecule has 2 N–H and O–H groups in total. The number of carbonyl (C=O) groups excluding carboxylic acids is 1. The Hall–Kier alpha value is -3.56. The van der Waals surface area contributed by atoms with Crippen LogP contribution < -0.4 is 15.5 Å². The Morgan fingerprint density at radius 3 is 2.64 bits per heavy atom. The van der Waals surface area contributed by atoms with E-state index < -0.39 is 44.5 Å². The van der Waals surface area contributed by atoms with Crippen LogP contribution in [0.4, 0.5) is 5.82 Å². The highest BCUT2D eigenvalue weighted by Crippen LogP contribution is 2.53. The summed E-state index contributed by atoms with van der Waals surface area (Å²) >= 11 is 5.89. The number of anilines is 1. The smallest absolute Gasteiger partial charge is 0.404 e. The van der Waals surface area contributed by atoms with Crippen molar-refractivity contribution in [1.82, 2.24) is 9.55 Å². The lowest BCUT2D eigenvalue weighted by Crippen LogP contribution is -2.29. The zero-order valence-electron chi connectivity index (χ0n) is 20.4. The van der Waals surface area contributed by atoms with Gasteiger partial charge in [-0.15, -0.1) is 0 Å². The van der Waals surface area contributed by atoms with E-state index in [4.69, 9.17) is 35.2 Å². The molecule has 4 atom stereocenters. The van der Waals surface area contributed by atoms with Gasteiger partial charge in [0.25, 0.3) is 5.91 Å². The SMILES string of the molecule is N#CCCOP(=O)(Oc1ccc(Cl)cc1)O[C@H]1C[C@H](n2ccc(NC(=O)c3ccccc3)nc2=O)O[C@@H]1CO. The van der Waals surface area contributed by atoms with Gasteiger partial charge in [-0.1, -0.05) is 29.8 Å². The summed E-state index contributed by atoms with van der Waals surface area (Å²) in [5, 5.41) is 21.7. The van der Waals surface area contributed by atoms with E-state index in [0.717, 1.165) is 4.57 Å². The number of rotatable bonds is 11. The van der Waals surface area contributed by atoms with Crippen LogP contribution >= 0.6 is 19.4 Å². The number of nitrogens with zero attached hydrogens (tertiary/aromatic N) is 3. The molecule has 2 heterocycles. The molecule has 1 saturated heterocycles. The van der Waals surface area contributed by atoms with Gasteiger partial charge < -0.3 is 19.7 Å². The van der Waals surface area contributed by atoms with Gasteiger partial charge in [-0.05, 0) is 42.5 Å². The molecule has 1 unspecified atom stereocenters. The number of carbonyl (C=O) groups is 1. The minimum Gasteiger partial charge on any atom is -0.404 e. The Kier molecular flexibility index (Phi) is 9.48. The molecular weight excluding hydrogens is 551 g/mol. The zero-order valence-corrected chi connectivity index (χ0v) is 22.0. The van der Waals surface area contributed by atoms with Crippen LogP contribution in [0.15, 0.2) is 71.7 Å². The molecule has 0 radical (unpaired) electrons. The average Bonchev–Trinajstić information content (AvgIpc) is 3.32. The third-order valence-electron chi connectivity index (χ3n) is 5.54. The number of phosphoric ester groups is 1. The molecule has 1 fully saturated rings. The Bertz CT molecular complexity index is 1430. The van der Waals surface area contributed by atoms with Gasteiger partial charge in [-0.2, -0.15) is 10.2 Å². The molecule has 1 aliphatic heterocycles. The molecule has 2 aromatic carbocycles. The number of benzene rings is 2. The third-order valence-corrected chi connectivity index (χ3v) is 7.25. The molecule has 14 heteroatoms. The van der Waals surface area contributed by atoms with Gasteiger partial charge >= 0.3 is 13.5 Å². The molecule has 1 aliphatic rings. The maximum atomic E-state index is 13.5. The first-order valence-corrected chi connectivity index (χ1v) is 13.6.